The Morgan fingerprint density at radius 1 is 1.15 bits per heavy atom. The molecular formula is C27H30F3N5O4. The highest BCUT2D eigenvalue weighted by atomic mass is 19.4. The van der Waals surface area contributed by atoms with E-state index in [-0.39, 0.29) is 23.7 Å². The van der Waals surface area contributed by atoms with Gasteiger partial charge in [0.05, 0.1) is 6.20 Å². The van der Waals surface area contributed by atoms with Crippen LogP contribution in [0.4, 0.5) is 18.9 Å². The van der Waals surface area contributed by atoms with Gasteiger partial charge in [0, 0.05) is 36.7 Å². The van der Waals surface area contributed by atoms with Crippen LogP contribution in [0.25, 0.3) is 5.65 Å². The molecular weight excluding hydrogens is 515 g/mol. The number of aryl methyl sites for hydroxylation is 2. The van der Waals surface area contributed by atoms with E-state index in [4.69, 9.17) is 5.73 Å². The molecule has 39 heavy (non-hydrogen) atoms. The summed E-state index contributed by atoms with van der Waals surface area (Å²) in [7, 11) is 0. The summed E-state index contributed by atoms with van der Waals surface area (Å²) >= 11 is 0. The lowest BCUT2D eigenvalue weighted by Gasteiger charge is -2.20. The van der Waals surface area contributed by atoms with E-state index < -0.39 is 42.9 Å². The quantitative estimate of drug-likeness (QED) is 0.227. The number of aromatic nitrogens is 2. The molecule has 1 unspecified atom stereocenters. The Labute approximate surface area is 223 Å². The van der Waals surface area contributed by atoms with Crippen molar-refractivity contribution >= 4 is 35.0 Å². The average molecular weight is 546 g/mol. The second-order valence-electron chi connectivity index (χ2n) is 9.61. The molecule has 208 valence electrons. The van der Waals surface area contributed by atoms with Crippen LogP contribution in [0.3, 0.4) is 0 Å². The van der Waals surface area contributed by atoms with Crippen LogP contribution in [0.1, 0.15) is 60.3 Å². The first-order valence-electron chi connectivity index (χ1n) is 12.2. The summed E-state index contributed by atoms with van der Waals surface area (Å²) in [6.45, 7) is 7.02. The SMILES string of the molecule is Cc1ccn2c(C(=O)Nc3cc(C(N)=NC(=O)CCC(OC(=O)CC(C)C)C(F)(F)F)ccc3C)cnc2c1. The average Bonchev–Trinajstić information content (AvgIpc) is 3.25. The fourth-order valence-corrected chi connectivity index (χ4v) is 3.69. The summed E-state index contributed by atoms with van der Waals surface area (Å²) in [6, 6.07) is 8.42. The Morgan fingerprint density at radius 3 is 2.54 bits per heavy atom. The minimum absolute atomic E-state index is 0.172. The maximum atomic E-state index is 13.3. The van der Waals surface area contributed by atoms with Crippen LogP contribution >= 0.6 is 0 Å². The fraction of sp³-hybridized carbons (Fsp3) is 0.370. The van der Waals surface area contributed by atoms with Gasteiger partial charge in [0.1, 0.15) is 17.2 Å². The van der Waals surface area contributed by atoms with Crippen molar-refractivity contribution in [1.29, 1.82) is 0 Å². The molecule has 12 heteroatoms. The van der Waals surface area contributed by atoms with Gasteiger partial charge in [-0.15, -0.1) is 0 Å². The van der Waals surface area contributed by atoms with Crippen LogP contribution in [0, 0.1) is 19.8 Å². The number of esters is 1. The van der Waals surface area contributed by atoms with Crippen LogP contribution in [-0.2, 0) is 14.3 Å². The maximum Gasteiger partial charge on any atom is 0.425 e. The summed E-state index contributed by atoms with van der Waals surface area (Å²) in [4.78, 5) is 44.9. The number of imidazole rings is 1. The van der Waals surface area contributed by atoms with Crippen LogP contribution in [-0.4, -0.2) is 45.3 Å². The molecule has 0 aliphatic heterocycles. The number of nitrogens with one attached hydrogen (secondary N) is 1. The number of hydrogen-bond acceptors (Lipinski definition) is 5. The van der Waals surface area contributed by atoms with Crippen molar-refractivity contribution in [3.05, 3.63) is 65.1 Å². The molecule has 2 aromatic heterocycles. The van der Waals surface area contributed by atoms with Gasteiger partial charge in [-0.1, -0.05) is 26.0 Å². The number of amidine groups is 1. The molecule has 3 N–H and O–H groups in total. The Hall–Kier alpha value is -4.22. The van der Waals surface area contributed by atoms with Gasteiger partial charge >= 0.3 is 12.1 Å². The molecule has 0 saturated heterocycles. The van der Waals surface area contributed by atoms with E-state index in [0.717, 1.165) is 5.56 Å². The Bertz CT molecular complexity index is 1410. The molecule has 2 heterocycles. The number of aliphatic imine (C=N–C) groups is 1. The Kier molecular flexibility index (Phi) is 9.10. The minimum atomic E-state index is -4.83. The number of amides is 2. The first-order valence-corrected chi connectivity index (χ1v) is 12.2. The number of benzene rings is 1. The van der Waals surface area contributed by atoms with Crippen LogP contribution < -0.4 is 11.1 Å². The number of halogens is 3. The molecule has 9 nitrogen and oxygen atoms in total. The zero-order valence-electron chi connectivity index (χ0n) is 22.0. The second kappa shape index (κ2) is 12.1. The topological polar surface area (TPSA) is 128 Å². The number of nitrogens with two attached hydrogens (primary N) is 1. The number of carbonyl (C=O) groups excluding carboxylic acids is 3. The molecule has 0 radical (unpaired) electrons. The van der Waals surface area contributed by atoms with Crippen molar-refractivity contribution in [2.24, 2.45) is 16.6 Å². The van der Waals surface area contributed by atoms with Gasteiger partial charge in [0.15, 0.2) is 6.10 Å². The number of ether oxygens (including phenoxy) is 1. The number of anilines is 1. The lowest BCUT2D eigenvalue weighted by atomic mass is 10.1. The van der Waals surface area contributed by atoms with Gasteiger partial charge in [-0.25, -0.2) is 4.98 Å². The number of carbonyl (C=O) groups is 3. The van der Waals surface area contributed by atoms with E-state index in [1.54, 1.807) is 43.5 Å². The molecule has 0 bridgehead atoms. The number of hydrogen-bond donors (Lipinski definition) is 2. The van der Waals surface area contributed by atoms with Crippen molar-refractivity contribution in [3.63, 3.8) is 0 Å². The first kappa shape index (κ1) is 29.3. The van der Waals surface area contributed by atoms with Gasteiger partial charge < -0.3 is 15.8 Å². The maximum absolute atomic E-state index is 13.3. The monoisotopic (exact) mass is 545 g/mol. The number of rotatable bonds is 9. The minimum Gasteiger partial charge on any atom is -0.453 e. The van der Waals surface area contributed by atoms with Crippen molar-refractivity contribution in [3.8, 4) is 0 Å². The summed E-state index contributed by atoms with van der Waals surface area (Å²) < 4.78 is 46.1. The van der Waals surface area contributed by atoms with Crippen molar-refractivity contribution in [1.82, 2.24) is 9.38 Å². The van der Waals surface area contributed by atoms with Crippen molar-refractivity contribution < 1.29 is 32.3 Å². The predicted octanol–water partition coefficient (Wildman–Crippen LogP) is 4.74. The molecule has 2 amide bonds. The third-order valence-corrected chi connectivity index (χ3v) is 5.76. The zero-order chi connectivity index (χ0) is 28.9. The number of fused-ring (bicyclic) bond motifs is 1. The normalized spacial score (nSPS) is 13.0. The van der Waals surface area contributed by atoms with Crippen molar-refractivity contribution in [2.75, 3.05) is 5.32 Å². The highest BCUT2D eigenvalue weighted by molar-refractivity contribution is 6.07. The third-order valence-electron chi connectivity index (χ3n) is 5.76. The molecule has 0 fully saturated rings. The second-order valence-corrected chi connectivity index (χ2v) is 9.61. The molecule has 1 aromatic carbocycles. The Balaban J connectivity index is 1.70. The highest BCUT2D eigenvalue weighted by Crippen LogP contribution is 2.27. The number of nitrogens with zero attached hydrogens (tertiary/aromatic N) is 3. The van der Waals surface area contributed by atoms with Gasteiger partial charge in [0.25, 0.3) is 5.91 Å². The van der Waals surface area contributed by atoms with Crippen LogP contribution in [0.5, 0.6) is 0 Å². The molecule has 1 atom stereocenters. The van der Waals surface area contributed by atoms with Crippen LogP contribution in [0.2, 0.25) is 0 Å². The Morgan fingerprint density at radius 2 is 1.87 bits per heavy atom. The standard InChI is InChI=1S/C27H30F3N5O4/c1-15(2)11-24(37)39-21(27(28,29)30)7-8-23(36)34-25(31)18-6-5-17(4)19(13-18)33-26(38)20-14-32-22-12-16(3)9-10-35(20)22/h5-6,9-10,12-15,21H,7-8,11H2,1-4H3,(H,33,38)(H2,31,34,36). The fourth-order valence-electron chi connectivity index (χ4n) is 3.69. The first-order chi connectivity index (χ1) is 18.2. The number of pyridine rings is 1. The van der Waals surface area contributed by atoms with Crippen LogP contribution in [0.15, 0.2) is 47.7 Å². The largest absolute Gasteiger partial charge is 0.453 e. The number of alkyl halides is 3. The highest BCUT2D eigenvalue weighted by Gasteiger charge is 2.42. The van der Waals surface area contributed by atoms with E-state index in [9.17, 15) is 27.6 Å². The predicted molar refractivity (Wildman–Crippen MR) is 139 cm³/mol. The van der Waals surface area contributed by atoms with E-state index in [2.05, 4.69) is 20.0 Å². The summed E-state index contributed by atoms with van der Waals surface area (Å²) in [5.74, 6) is -2.74. The lowest BCUT2D eigenvalue weighted by molar-refractivity contribution is -0.223. The van der Waals surface area contributed by atoms with E-state index >= 15 is 0 Å². The van der Waals surface area contributed by atoms with Gasteiger partial charge in [0.2, 0.25) is 5.91 Å². The van der Waals surface area contributed by atoms with E-state index in [1.165, 1.54) is 12.3 Å². The summed E-state index contributed by atoms with van der Waals surface area (Å²) in [6.07, 6.45) is -5.65. The molecule has 0 spiro atoms. The van der Waals surface area contributed by atoms with Gasteiger partial charge in [-0.3, -0.25) is 18.8 Å². The molecule has 0 aliphatic carbocycles. The van der Waals surface area contributed by atoms with Gasteiger partial charge in [-0.05, 0) is 49.1 Å². The molecule has 3 rings (SSSR count). The zero-order valence-corrected chi connectivity index (χ0v) is 22.0. The molecule has 3 aromatic rings. The van der Waals surface area contributed by atoms with E-state index in [0.29, 0.717) is 22.6 Å². The lowest BCUT2D eigenvalue weighted by Crippen LogP contribution is -2.34. The van der Waals surface area contributed by atoms with Crippen molar-refractivity contribution in [2.45, 2.75) is 59.2 Å². The molecule has 0 aliphatic rings. The molecule has 0 saturated carbocycles. The summed E-state index contributed by atoms with van der Waals surface area (Å²) in [5.41, 5.74) is 9.25. The summed E-state index contributed by atoms with van der Waals surface area (Å²) in [5, 5.41) is 2.79. The smallest absolute Gasteiger partial charge is 0.425 e. The van der Waals surface area contributed by atoms with E-state index in [1.807, 2.05) is 19.1 Å². The van der Waals surface area contributed by atoms with Gasteiger partial charge in [-0.2, -0.15) is 18.2 Å². The third kappa shape index (κ3) is 7.88.